The Labute approximate surface area is 153 Å². The highest BCUT2D eigenvalue weighted by atomic mass is 16.6. The molecular formula is C21H23NO4. The smallest absolute Gasteiger partial charge is 0.411 e. The van der Waals surface area contributed by atoms with Crippen molar-refractivity contribution in [2.75, 3.05) is 6.54 Å². The maximum atomic E-state index is 12.5. The van der Waals surface area contributed by atoms with E-state index in [9.17, 15) is 14.7 Å². The average Bonchev–Trinajstić information content (AvgIpc) is 3.50. The van der Waals surface area contributed by atoms with Crippen LogP contribution in [0.4, 0.5) is 4.79 Å². The van der Waals surface area contributed by atoms with E-state index in [1.165, 1.54) is 23.3 Å². The van der Waals surface area contributed by atoms with Crippen molar-refractivity contribution in [2.24, 2.45) is 0 Å². The van der Waals surface area contributed by atoms with Gasteiger partial charge < -0.3 is 9.84 Å². The number of nitrogens with zero attached hydrogens (tertiary/aromatic N) is 1. The van der Waals surface area contributed by atoms with E-state index in [1.807, 2.05) is 42.5 Å². The predicted octanol–water partition coefficient (Wildman–Crippen LogP) is 4.35. The Bertz CT molecular complexity index is 753. The van der Waals surface area contributed by atoms with E-state index >= 15 is 0 Å². The van der Waals surface area contributed by atoms with Gasteiger partial charge in [0.2, 0.25) is 0 Å². The summed E-state index contributed by atoms with van der Waals surface area (Å²) in [5.41, 5.74) is 2.67. The summed E-state index contributed by atoms with van der Waals surface area (Å²) in [4.78, 5) is 25.6. The fourth-order valence-corrected chi connectivity index (χ4v) is 3.04. The van der Waals surface area contributed by atoms with Gasteiger partial charge in [-0.25, -0.2) is 9.59 Å². The van der Waals surface area contributed by atoms with Crippen molar-refractivity contribution in [1.82, 2.24) is 4.90 Å². The standard InChI is InChI=1S/C21H23NO4/c1-2-22(21(25)26-14-15-6-4-3-5-7-15)19(20(23)24)18-12-10-17(11-13-18)16-8-9-16/h3-7,10-13,16,19H,2,8-9,14H2,1H3,(H,23,24). The molecule has 1 fully saturated rings. The molecule has 0 aliphatic heterocycles. The Balaban J connectivity index is 1.73. The molecule has 1 amide bonds. The summed E-state index contributed by atoms with van der Waals surface area (Å²) in [5.74, 6) is -0.465. The van der Waals surface area contributed by atoms with Crippen LogP contribution >= 0.6 is 0 Å². The molecule has 0 bridgehead atoms. The highest BCUT2D eigenvalue weighted by Crippen LogP contribution is 2.40. The van der Waals surface area contributed by atoms with Crippen molar-refractivity contribution in [1.29, 1.82) is 0 Å². The third-order valence-electron chi connectivity index (χ3n) is 4.63. The van der Waals surface area contributed by atoms with Gasteiger partial charge in [-0.3, -0.25) is 4.90 Å². The Morgan fingerprint density at radius 2 is 1.77 bits per heavy atom. The molecule has 1 aliphatic carbocycles. The second-order valence-corrected chi connectivity index (χ2v) is 6.51. The van der Waals surface area contributed by atoms with Gasteiger partial charge in [0.1, 0.15) is 6.61 Å². The topological polar surface area (TPSA) is 66.8 Å². The van der Waals surface area contributed by atoms with Gasteiger partial charge in [0.25, 0.3) is 0 Å². The first-order chi connectivity index (χ1) is 12.6. The Morgan fingerprint density at radius 1 is 1.12 bits per heavy atom. The number of ether oxygens (including phenoxy) is 1. The van der Waals surface area contributed by atoms with E-state index in [1.54, 1.807) is 19.1 Å². The molecule has 2 aromatic carbocycles. The third kappa shape index (κ3) is 4.23. The first kappa shape index (κ1) is 18.0. The number of carbonyl (C=O) groups is 2. The van der Waals surface area contributed by atoms with Crippen LogP contribution in [-0.2, 0) is 16.1 Å². The zero-order chi connectivity index (χ0) is 18.5. The molecule has 3 rings (SSSR count). The molecule has 2 aromatic rings. The summed E-state index contributed by atoms with van der Waals surface area (Å²) in [6.07, 6.45) is 1.75. The van der Waals surface area contributed by atoms with Crippen LogP contribution in [-0.4, -0.2) is 28.6 Å². The van der Waals surface area contributed by atoms with Gasteiger partial charge in [0, 0.05) is 6.54 Å². The Hall–Kier alpha value is -2.82. The lowest BCUT2D eigenvalue weighted by molar-refractivity contribution is -0.143. The molecule has 1 N–H and O–H groups in total. The lowest BCUT2D eigenvalue weighted by Gasteiger charge is -2.27. The van der Waals surface area contributed by atoms with Gasteiger partial charge in [-0.2, -0.15) is 0 Å². The Morgan fingerprint density at radius 3 is 2.31 bits per heavy atom. The number of hydrogen-bond acceptors (Lipinski definition) is 3. The van der Waals surface area contributed by atoms with E-state index in [-0.39, 0.29) is 13.2 Å². The zero-order valence-electron chi connectivity index (χ0n) is 14.8. The SMILES string of the molecule is CCN(C(=O)OCc1ccccc1)C(C(=O)O)c1ccc(C2CC2)cc1. The normalized spacial score (nSPS) is 14.5. The van der Waals surface area contributed by atoms with Crippen LogP contribution in [0.15, 0.2) is 54.6 Å². The second-order valence-electron chi connectivity index (χ2n) is 6.51. The summed E-state index contributed by atoms with van der Waals surface area (Å²) < 4.78 is 5.33. The van der Waals surface area contributed by atoms with Gasteiger partial charge in [-0.1, -0.05) is 54.6 Å². The van der Waals surface area contributed by atoms with Crippen LogP contribution in [0.1, 0.15) is 48.4 Å². The molecule has 1 aliphatic rings. The molecule has 0 aromatic heterocycles. The largest absolute Gasteiger partial charge is 0.479 e. The summed E-state index contributed by atoms with van der Waals surface area (Å²) >= 11 is 0. The molecule has 1 saturated carbocycles. The monoisotopic (exact) mass is 353 g/mol. The van der Waals surface area contributed by atoms with Crippen LogP contribution in [0.5, 0.6) is 0 Å². The van der Waals surface area contributed by atoms with Crippen LogP contribution in [0.2, 0.25) is 0 Å². The number of likely N-dealkylation sites (N-methyl/N-ethyl adjacent to an activating group) is 1. The summed E-state index contributed by atoms with van der Waals surface area (Å²) in [7, 11) is 0. The summed E-state index contributed by atoms with van der Waals surface area (Å²) in [6, 6.07) is 15.8. The molecule has 136 valence electrons. The molecule has 5 nitrogen and oxygen atoms in total. The molecule has 5 heteroatoms. The van der Waals surface area contributed by atoms with Crippen molar-refractivity contribution in [3.8, 4) is 0 Å². The summed E-state index contributed by atoms with van der Waals surface area (Å²) in [5, 5.41) is 9.70. The van der Waals surface area contributed by atoms with Crippen molar-refractivity contribution in [3.63, 3.8) is 0 Å². The summed E-state index contributed by atoms with van der Waals surface area (Å²) in [6.45, 7) is 2.11. The fourth-order valence-electron chi connectivity index (χ4n) is 3.04. The van der Waals surface area contributed by atoms with Gasteiger partial charge in [-0.05, 0) is 42.4 Å². The maximum Gasteiger partial charge on any atom is 0.411 e. The van der Waals surface area contributed by atoms with E-state index in [0.29, 0.717) is 11.5 Å². The van der Waals surface area contributed by atoms with Crippen LogP contribution in [0.3, 0.4) is 0 Å². The molecule has 26 heavy (non-hydrogen) atoms. The van der Waals surface area contributed by atoms with Crippen LogP contribution < -0.4 is 0 Å². The maximum absolute atomic E-state index is 12.5. The first-order valence-corrected chi connectivity index (χ1v) is 8.90. The van der Waals surface area contributed by atoms with E-state index < -0.39 is 18.1 Å². The predicted molar refractivity (Wildman–Crippen MR) is 97.8 cm³/mol. The Kier molecular flexibility index (Phi) is 5.56. The molecule has 1 atom stereocenters. The minimum Gasteiger partial charge on any atom is -0.479 e. The van der Waals surface area contributed by atoms with Gasteiger partial charge in [0.05, 0.1) is 0 Å². The zero-order valence-corrected chi connectivity index (χ0v) is 14.8. The molecule has 0 saturated heterocycles. The molecule has 0 radical (unpaired) electrons. The second kappa shape index (κ2) is 8.04. The number of carbonyl (C=O) groups excluding carboxylic acids is 1. The number of aliphatic carboxylic acids is 1. The molecule has 0 spiro atoms. The van der Waals surface area contributed by atoms with Crippen molar-refractivity contribution in [2.45, 2.75) is 38.3 Å². The number of amides is 1. The number of hydrogen-bond donors (Lipinski definition) is 1. The molecular weight excluding hydrogens is 330 g/mol. The number of carboxylic acids is 1. The van der Waals surface area contributed by atoms with Gasteiger partial charge in [0.15, 0.2) is 6.04 Å². The third-order valence-corrected chi connectivity index (χ3v) is 4.63. The lowest BCUT2D eigenvalue weighted by Crippen LogP contribution is -2.39. The highest BCUT2D eigenvalue weighted by Gasteiger charge is 2.32. The van der Waals surface area contributed by atoms with E-state index in [2.05, 4.69) is 0 Å². The number of carboxylic acid groups (broad SMARTS) is 1. The van der Waals surface area contributed by atoms with E-state index in [4.69, 9.17) is 4.74 Å². The van der Waals surface area contributed by atoms with Crippen molar-refractivity contribution in [3.05, 3.63) is 71.3 Å². The van der Waals surface area contributed by atoms with Crippen molar-refractivity contribution >= 4 is 12.1 Å². The minimum absolute atomic E-state index is 0.114. The first-order valence-electron chi connectivity index (χ1n) is 8.90. The number of rotatable bonds is 7. The van der Waals surface area contributed by atoms with Gasteiger partial charge >= 0.3 is 12.1 Å². The van der Waals surface area contributed by atoms with Crippen molar-refractivity contribution < 1.29 is 19.4 Å². The minimum atomic E-state index is -1.07. The molecule has 1 unspecified atom stereocenters. The van der Waals surface area contributed by atoms with E-state index in [0.717, 1.165) is 5.56 Å². The number of benzene rings is 2. The van der Waals surface area contributed by atoms with Gasteiger partial charge in [-0.15, -0.1) is 0 Å². The fraction of sp³-hybridized carbons (Fsp3) is 0.333. The lowest BCUT2D eigenvalue weighted by atomic mass is 10.0. The van der Waals surface area contributed by atoms with Crippen LogP contribution in [0, 0.1) is 0 Å². The average molecular weight is 353 g/mol. The quantitative estimate of drug-likeness (QED) is 0.804. The van der Waals surface area contributed by atoms with Crippen LogP contribution in [0.25, 0.3) is 0 Å². The highest BCUT2D eigenvalue weighted by molar-refractivity contribution is 5.81. The molecule has 0 heterocycles.